The first-order valence-corrected chi connectivity index (χ1v) is 12.3. The van der Waals surface area contributed by atoms with Crippen molar-refractivity contribution in [2.45, 2.75) is 37.9 Å². The normalized spacial score (nSPS) is 14.1. The number of benzene rings is 2. The van der Waals surface area contributed by atoms with Crippen LogP contribution in [0.25, 0.3) is 0 Å². The van der Waals surface area contributed by atoms with Crippen LogP contribution in [0.3, 0.4) is 0 Å². The predicted octanol–water partition coefficient (Wildman–Crippen LogP) is 3.85. The van der Waals surface area contributed by atoms with E-state index >= 15 is 0 Å². The van der Waals surface area contributed by atoms with Gasteiger partial charge in [0.05, 0.1) is 5.75 Å². The van der Waals surface area contributed by atoms with Gasteiger partial charge >= 0.3 is 0 Å². The summed E-state index contributed by atoms with van der Waals surface area (Å²) in [6.45, 7) is 5.38. The van der Waals surface area contributed by atoms with E-state index in [2.05, 4.69) is 40.6 Å². The smallest absolute Gasteiger partial charge is 0.253 e. The number of nitrogens with zero attached hydrogens (tertiary/aromatic N) is 4. The molecule has 2 amide bonds. The third-order valence-corrected chi connectivity index (χ3v) is 6.80. The fourth-order valence-electron chi connectivity index (χ4n) is 3.83. The van der Waals surface area contributed by atoms with Crippen molar-refractivity contribution in [1.82, 2.24) is 19.7 Å². The minimum absolute atomic E-state index is 0.0326. The maximum atomic E-state index is 13.1. The van der Waals surface area contributed by atoms with Gasteiger partial charge in [-0.05, 0) is 49.2 Å². The Morgan fingerprint density at radius 3 is 2.68 bits per heavy atom. The molecule has 0 spiro atoms. The van der Waals surface area contributed by atoms with Crippen LogP contribution in [0, 0.1) is 13.8 Å². The number of hydrogen-bond acceptors (Lipinski definition) is 6. The van der Waals surface area contributed by atoms with Crippen LogP contribution in [0.1, 0.15) is 34.3 Å². The van der Waals surface area contributed by atoms with E-state index in [4.69, 9.17) is 4.74 Å². The number of ether oxygens (including phenoxy) is 1. The highest BCUT2D eigenvalue weighted by Gasteiger charge is 2.25. The molecule has 3 aromatic rings. The number of rotatable bonds is 7. The number of hydrogen-bond donors (Lipinski definition) is 1. The fourth-order valence-corrected chi connectivity index (χ4v) is 4.52. The standard InChI is InChI=1S/C25H29N5O3S/c1-17-7-8-18(2)22(13-17)33-21-9-11-30(12-10-21)24(32)19-5-4-6-20(14-19)27-23(31)15-34-25-28-26-16-29(25)3/h4-8,13-14,16,21H,9-12,15H2,1-3H3,(H,27,31). The Balaban J connectivity index is 1.29. The van der Waals surface area contributed by atoms with Crippen LogP contribution < -0.4 is 10.1 Å². The van der Waals surface area contributed by atoms with E-state index < -0.39 is 0 Å². The molecule has 0 bridgehead atoms. The van der Waals surface area contributed by atoms with Crippen molar-refractivity contribution in [3.8, 4) is 5.75 Å². The predicted molar refractivity (Wildman–Crippen MR) is 132 cm³/mol. The molecule has 8 nitrogen and oxygen atoms in total. The van der Waals surface area contributed by atoms with Crippen molar-refractivity contribution >= 4 is 29.3 Å². The SMILES string of the molecule is Cc1ccc(C)c(OC2CCN(C(=O)c3cccc(NC(=O)CSc4nncn4C)c3)CC2)c1. The molecule has 1 aliphatic heterocycles. The van der Waals surface area contributed by atoms with Crippen molar-refractivity contribution in [3.05, 3.63) is 65.5 Å². The average Bonchev–Trinajstić information content (AvgIpc) is 3.25. The molecule has 1 saturated heterocycles. The highest BCUT2D eigenvalue weighted by atomic mass is 32.2. The zero-order valence-electron chi connectivity index (χ0n) is 19.7. The number of likely N-dealkylation sites (tertiary alicyclic amines) is 1. The topological polar surface area (TPSA) is 89.3 Å². The second kappa shape index (κ2) is 10.7. The van der Waals surface area contributed by atoms with Gasteiger partial charge in [0.1, 0.15) is 18.2 Å². The molecule has 1 N–H and O–H groups in total. The Kier molecular flexibility index (Phi) is 7.52. The summed E-state index contributed by atoms with van der Waals surface area (Å²) in [4.78, 5) is 27.3. The van der Waals surface area contributed by atoms with Crippen LogP contribution >= 0.6 is 11.8 Å². The molecular formula is C25H29N5O3S. The van der Waals surface area contributed by atoms with Gasteiger partial charge in [-0.3, -0.25) is 9.59 Å². The van der Waals surface area contributed by atoms with Gasteiger partial charge in [-0.1, -0.05) is 30.0 Å². The number of nitrogens with one attached hydrogen (secondary N) is 1. The van der Waals surface area contributed by atoms with Crippen LogP contribution in [0.15, 0.2) is 53.9 Å². The highest BCUT2D eigenvalue weighted by molar-refractivity contribution is 7.99. The van der Waals surface area contributed by atoms with E-state index in [-0.39, 0.29) is 23.7 Å². The molecule has 2 aromatic carbocycles. The summed E-state index contributed by atoms with van der Waals surface area (Å²) in [5.41, 5.74) is 3.46. The lowest BCUT2D eigenvalue weighted by Crippen LogP contribution is -2.41. The van der Waals surface area contributed by atoms with Crippen LogP contribution in [0.4, 0.5) is 5.69 Å². The summed E-state index contributed by atoms with van der Waals surface area (Å²) < 4.78 is 7.98. The molecule has 0 unspecified atom stereocenters. The lowest BCUT2D eigenvalue weighted by Gasteiger charge is -2.32. The Morgan fingerprint density at radius 1 is 1.15 bits per heavy atom. The highest BCUT2D eigenvalue weighted by Crippen LogP contribution is 2.25. The molecule has 1 aliphatic rings. The lowest BCUT2D eigenvalue weighted by atomic mass is 10.1. The summed E-state index contributed by atoms with van der Waals surface area (Å²) in [5, 5.41) is 11.3. The number of aryl methyl sites for hydroxylation is 3. The zero-order chi connectivity index (χ0) is 24.1. The fraction of sp³-hybridized carbons (Fsp3) is 0.360. The number of thioether (sulfide) groups is 1. The summed E-state index contributed by atoms with van der Waals surface area (Å²) in [6.07, 6.45) is 3.26. The number of amides is 2. The average molecular weight is 480 g/mol. The van der Waals surface area contributed by atoms with E-state index in [9.17, 15) is 9.59 Å². The first kappa shape index (κ1) is 23.8. The summed E-state index contributed by atoms with van der Waals surface area (Å²) >= 11 is 1.31. The van der Waals surface area contributed by atoms with Crippen LogP contribution in [0.5, 0.6) is 5.75 Å². The second-order valence-corrected chi connectivity index (χ2v) is 9.46. The third-order valence-electron chi connectivity index (χ3n) is 5.76. The molecule has 0 radical (unpaired) electrons. The van der Waals surface area contributed by atoms with E-state index in [0.717, 1.165) is 24.2 Å². The molecule has 9 heteroatoms. The molecule has 0 aliphatic carbocycles. The van der Waals surface area contributed by atoms with Gasteiger partial charge in [0.2, 0.25) is 5.91 Å². The molecule has 1 aromatic heterocycles. The van der Waals surface area contributed by atoms with Crippen LogP contribution in [-0.2, 0) is 11.8 Å². The van der Waals surface area contributed by atoms with Crippen molar-refractivity contribution in [2.75, 3.05) is 24.2 Å². The largest absolute Gasteiger partial charge is 0.490 e. The van der Waals surface area contributed by atoms with Crippen LogP contribution in [0.2, 0.25) is 0 Å². The van der Waals surface area contributed by atoms with Gasteiger partial charge < -0.3 is 19.5 Å². The summed E-state index contributed by atoms with van der Waals surface area (Å²) in [7, 11) is 1.83. The first-order valence-electron chi connectivity index (χ1n) is 11.3. The number of aromatic nitrogens is 3. The van der Waals surface area contributed by atoms with E-state index in [0.29, 0.717) is 29.5 Å². The third kappa shape index (κ3) is 5.96. The molecule has 178 valence electrons. The number of piperidine rings is 1. The van der Waals surface area contributed by atoms with Gasteiger partial charge in [-0.25, -0.2) is 0 Å². The summed E-state index contributed by atoms with van der Waals surface area (Å²) in [6, 6.07) is 13.3. The van der Waals surface area contributed by atoms with Crippen LogP contribution in [-0.4, -0.2) is 56.4 Å². The van der Waals surface area contributed by atoms with E-state index in [1.165, 1.54) is 17.3 Å². The van der Waals surface area contributed by atoms with Crippen molar-refractivity contribution in [3.63, 3.8) is 0 Å². The monoisotopic (exact) mass is 479 g/mol. The van der Waals surface area contributed by atoms with E-state index in [1.807, 2.05) is 18.9 Å². The van der Waals surface area contributed by atoms with Gasteiger partial charge in [0.15, 0.2) is 5.16 Å². The molecule has 0 saturated carbocycles. The Bertz CT molecular complexity index is 1170. The Morgan fingerprint density at radius 2 is 1.94 bits per heavy atom. The molecule has 1 fully saturated rings. The molecule has 0 atom stereocenters. The zero-order valence-corrected chi connectivity index (χ0v) is 20.5. The van der Waals surface area contributed by atoms with Gasteiger partial charge in [-0.2, -0.15) is 0 Å². The quantitative estimate of drug-likeness (QED) is 0.518. The Hall–Kier alpha value is -3.33. The maximum absolute atomic E-state index is 13.1. The molecular weight excluding hydrogens is 450 g/mol. The van der Waals surface area contributed by atoms with Crippen molar-refractivity contribution in [1.29, 1.82) is 0 Å². The first-order chi connectivity index (χ1) is 16.4. The molecule has 2 heterocycles. The maximum Gasteiger partial charge on any atom is 0.253 e. The number of carbonyl (C=O) groups excluding carboxylic acids is 2. The molecule has 34 heavy (non-hydrogen) atoms. The minimum atomic E-state index is -0.165. The Labute approximate surface area is 203 Å². The van der Waals surface area contributed by atoms with Gasteiger partial charge in [0.25, 0.3) is 5.91 Å². The minimum Gasteiger partial charge on any atom is -0.490 e. The lowest BCUT2D eigenvalue weighted by molar-refractivity contribution is -0.113. The van der Waals surface area contributed by atoms with Crippen molar-refractivity contribution < 1.29 is 14.3 Å². The second-order valence-electron chi connectivity index (χ2n) is 8.52. The van der Waals surface area contributed by atoms with E-state index in [1.54, 1.807) is 35.2 Å². The number of carbonyl (C=O) groups is 2. The molecule has 4 rings (SSSR count). The summed E-state index contributed by atoms with van der Waals surface area (Å²) in [5.74, 6) is 0.931. The van der Waals surface area contributed by atoms with Gasteiger partial charge in [-0.15, -0.1) is 10.2 Å². The number of anilines is 1. The van der Waals surface area contributed by atoms with Gasteiger partial charge in [0, 0.05) is 44.2 Å². The van der Waals surface area contributed by atoms with Crippen molar-refractivity contribution in [2.24, 2.45) is 7.05 Å².